The van der Waals surface area contributed by atoms with E-state index >= 15 is 0 Å². The summed E-state index contributed by atoms with van der Waals surface area (Å²) in [5.74, 6) is -0.870. The zero-order valence-corrected chi connectivity index (χ0v) is 16.3. The number of anilines is 1. The minimum atomic E-state index is -0.706. The number of rotatable bonds is 6. The third kappa shape index (κ3) is 3.73. The topological polar surface area (TPSA) is 105 Å². The number of nitro groups is 1. The number of hydrogen-bond donors (Lipinski definition) is 0. The fourth-order valence-corrected chi connectivity index (χ4v) is 3.60. The second kappa shape index (κ2) is 7.94. The number of nitrogens with zero attached hydrogens (tertiary/aromatic N) is 4. The summed E-state index contributed by atoms with van der Waals surface area (Å²) in [4.78, 5) is 37.0. The molecule has 0 radical (unpaired) electrons. The average Bonchev–Trinajstić information content (AvgIpc) is 3.31. The van der Waals surface area contributed by atoms with E-state index < -0.39 is 16.9 Å². The van der Waals surface area contributed by atoms with Gasteiger partial charge in [0.2, 0.25) is 0 Å². The zero-order valence-electron chi connectivity index (χ0n) is 16.3. The van der Waals surface area contributed by atoms with Crippen LogP contribution in [-0.2, 0) is 20.9 Å². The predicted octanol–water partition coefficient (Wildman–Crippen LogP) is 2.36. The van der Waals surface area contributed by atoms with Crippen molar-refractivity contribution in [1.82, 2.24) is 4.90 Å². The lowest BCUT2D eigenvalue weighted by Gasteiger charge is -2.24. The lowest BCUT2D eigenvalue weighted by molar-refractivity contribution is -0.384. The van der Waals surface area contributed by atoms with Crippen molar-refractivity contribution in [2.45, 2.75) is 19.6 Å². The monoisotopic (exact) mass is 408 g/mol. The summed E-state index contributed by atoms with van der Waals surface area (Å²) < 4.78 is 5.36. The first-order valence-corrected chi connectivity index (χ1v) is 9.56. The second-order valence-electron chi connectivity index (χ2n) is 7.26. The van der Waals surface area contributed by atoms with E-state index in [0.717, 1.165) is 5.56 Å². The highest BCUT2D eigenvalue weighted by Gasteiger charge is 2.45. The van der Waals surface area contributed by atoms with Crippen LogP contribution in [-0.4, -0.2) is 46.5 Å². The fraction of sp³-hybridized carbons (Fsp3) is 0.286. The molecule has 30 heavy (non-hydrogen) atoms. The Bertz CT molecular complexity index is 1010. The Kier molecular flexibility index (Phi) is 5.18. The molecule has 9 nitrogen and oxygen atoms in total. The van der Waals surface area contributed by atoms with Gasteiger partial charge in [0.05, 0.1) is 17.2 Å². The van der Waals surface area contributed by atoms with E-state index in [-0.39, 0.29) is 24.1 Å². The number of ether oxygens (including phenoxy) is 1. The van der Waals surface area contributed by atoms with Crippen molar-refractivity contribution in [3.05, 3.63) is 70.3 Å². The quantitative estimate of drug-likeness (QED) is 0.413. The lowest BCUT2D eigenvalue weighted by Crippen LogP contribution is -2.42. The summed E-state index contributed by atoms with van der Waals surface area (Å²) in [5, 5.41) is 16.9. The summed E-state index contributed by atoms with van der Waals surface area (Å²) >= 11 is 0. The minimum Gasteiger partial charge on any atom is -0.459 e. The molecule has 1 amide bonds. The van der Waals surface area contributed by atoms with Gasteiger partial charge in [-0.2, -0.15) is 5.10 Å². The van der Waals surface area contributed by atoms with E-state index in [1.54, 1.807) is 24.1 Å². The second-order valence-corrected chi connectivity index (χ2v) is 7.26. The maximum atomic E-state index is 12.8. The Labute approximate surface area is 172 Å². The average molecular weight is 408 g/mol. The van der Waals surface area contributed by atoms with Crippen LogP contribution in [0.5, 0.6) is 0 Å². The number of hydrogen-bond acceptors (Lipinski definition) is 7. The van der Waals surface area contributed by atoms with Gasteiger partial charge in [0.1, 0.15) is 18.4 Å². The number of likely N-dealkylation sites (tertiary alicyclic amines) is 1. The van der Waals surface area contributed by atoms with Crippen LogP contribution in [0.4, 0.5) is 11.4 Å². The van der Waals surface area contributed by atoms with Gasteiger partial charge in [0, 0.05) is 24.6 Å². The normalized spacial score (nSPS) is 18.8. The summed E-state index contributed by atoms with van der Waals surface area (Å²) in [6.45, 7) is 2.66. The molecular formula is C21H20N4O5. The number of fused-ring (bicyclic) bond motifs is 1. The molecular weight excluding hydrogens is 388 g/mol. The standard InChI is InChI=1S/C21H20N4O5/c1-14(21(27)30-13-15-5-3-2-4-6-15)23-11-16-12-24(22-19(16)20(23)26)17-7-9-18(10-8-17)25(28)29/h2-10,14,16H,11-13H2,1H3/t14-,16+/m0/s1. The van der Waals surface area contributed by atoms with Crippen molar-refractivity contribution in [1.29, 1.82) is 0 Å². The van der Waals surface area contributed by atoms with Crippen LogP contribution >= 0.6 is 0 Å². The lowest BCUT2D eigenvalue weighted by atomic mass is 10.1. The number of carbonyl (C=O) groups is 2. The SMILES string of the molecule is C[C@@H](C(=O)OCc1ccccc1)N1C[C@@H]2CN(c3ccc([N+](=O)[O-])cc3)N=C2C1=O. The van der Waals surface area contributed by atoms with Gasteiger partial charge in [-0.05, 0) is 24.6 Å². The molecule has 0 aromatic heterocycles. The van der Waals surface area contributed by atoms with Crippen LogP contribution in [0.25, 0.3) is 0 Å². The number of hydrazone groups is 1. The molecule has 0 bridgehead atoms. The van der Waals surface area contributed by atoms with E-state index in [4.69, 9.17) is 4.74 Å². The van der Waals surface area contributed by atoms with Crippen molar-refractivity contribution in [3.8, 4) is 0 Å². The fourth-order valence-electron chi connectivity index (χ4n) is 3.60. The minimum absolute atomic E-state index is 0.00381. The third-order valence-electron chi connectivity index (χ3n) is 5.30. The Balaban J connectivity index is 1.39. The van der Waals surface area contributed by atoms with E-state index in [2.05, 4.69) is 5.10 Å². The molecule has 2 aliphatic rings. The number of amides is 1. The molecule has 9 heteroatoms. The zero-order chi connectivity index (χ0) is 21.3. The molecule has 4 rings (SSSR count). The molecule has 2 atom stereocenters. The third-order valence-corrected chi connectivity index (χ3v) is 5.30. The van der Waals surface area contributed by atoms with E-state index in [1.807, 2.05) is 30.3 Å². The van der Waals surface area contributed by atoms with Gasteiger partial charge in [-0.1, -0.05) is 30.3 Å². The maximum Gasteiger partial charge on any atom is 0.328 e. The van der Waals surface area contributed by atoms with Crippen LogP contribution in [0.3, 0.4) is 0 Å². The van der Waals surface area contributed by atoms with Crippen molar-refractivity contribution in [2.75, 3.05) is 18.1 Å². The molecule has 2 aromatic carbocycles. The van der Waals surface area contributed by atoms with E-state index in [0.29, 0.717) is 24.5 Å². The first-order chi connectivity index (χ1) is 14.4. The molecule has 2 aromatic rings. The molecule has 0 N–H and O–H groups in total. The summed E-state index contributed by atoms with van der Waals surface area (Å²) in [7, 11) is 0. The van der Waals surface area contributed by atoms with Crippen LogP contribution in [0.1, 0.15) is 12.5 Å². The van der Waals surface area contributed by atoms with Crippen molar-refractivity contribution in [2.24, 2.45) is 11.0 Å². The molecule has 1 fully saturated rings. The summed E-state index contributed by atoms with van der Waals surface area (Å²) in [6.07, 6.45) is 0. The maximum absolute atomic E-state index is 12.8. The Morgan fingerprint density at radius 2 is 1.90 bits per heavy atom. The Morgan fingerprint density at radius 1 is 1.20 bits per heavy atom. The van der Waals surface area contributed by atoms with Gasteiger partial charge >= 0.3 is 5.97 Å². The molecule has 0 spiro atoms. The van der Waals surface area contributed by atoms with Gasteiger partial charge in [-0.3, -0.25) is 19.9 Å². The van der Waals surface area contributed by atoms with Crippen LogP contribution in [0.15, 0.2) is 59.7 Å². The summed E-state index contributed by atoms with van der Waals surface area (Å²) in [6, 6.07) is 14.7. The molecule has 0 unspecified atom stereocenters. The molecule has 1 saturated heterocycles. The number of esters is 1. The highest BCUT2D eigenvalue weighted by molar-refractivity contribution is 6.42. The highest BCUT2D eigenvalue weighted by atomic mass is 16.6. The number of nitro benzene ring substituents is 1. The van der Waals surface area contributed by atoms with Gasteiger partial charge in [-0.25, -0.2) is 4.79 Å². The number of benzene rings is 2. The van der Waals surface area contributed by atoms with Crippen LogP contribution in [0, 0.1) is 16.0 Å². The first-order valence-electron chi connectivity index (χ1n) is 9.56. The van der Waals surface area contributed by atoms with Gasteiger partial charge in [0.25, 0.3) is 11.6 Å². The highest BCUT2D eigenvalue weighted by Crippen LogP contribution is 2.30. The largest absolute Gasteiger partial charge is 0.459 e. The molecule has 154 valence electrons. The van der Waals surface area contributed by atoms with Crippen LogP contribution < -0.4 is 5.01 Å². The molecule has 0 saturated carbocycles. The van der Waals surface area contributed by atoms with Crippen molar-refractivity contribution in [3.63, 3.8) is 0 Å². The number of carbonyl (C=O) groups excluding carboxylic acids is 2. The van der Waals surface area contributed by atoms with Crippen molar-refractivity contribution >= 4 is 29.0 Å². The van der Waals surface area contributed by atoms with Crippen molar-refractivity contribution < 1.29 is 19.2 Å². The van der Waals surface area contributed by atoms with Gasteiger partial charge < -0.3 is 9.64 Å². The first kappa shape index (κ1) is 19.6. The van der Waals surface area contributed by atoms with Gasteiger partial charge in [0.15, 0.2) is 0 Å². The molecule has 2 heterocycles. The predicted molar refractivity (Wildman–Crippen MR) is 109 cm³/mol. The molecule has 2 aliphatic heterocycles. The van der Waals surface area contributed by atoms with Crippen LogP contribution in [0.2, 0.25) is 0 Å². The van der Waals surface area contributed by atoms with E-state index in [9.17, 15) is 19.7 Å². The van der Waals surface area contributed by atoms with E-state index in [1.165, 1.54) is 17.0 Å². The van der Waals surface area contributed by atoms with Gasteiger partial charge in [-0.15, -0.1) is 0 Å². The molecule has 0 aliphatic carbocycles. The Hall–Kier alpha value is -3.75. The smallest absolute Gasteiger partial charge is 0.328 e. The number of non-ortho nitro benzene ring substituents is 1. The Morgan fingerprint density at radius 3 is 2.53 bits per heavy atom. The summed E-state index contributed by atoms with van der Waals surface area (Å²) in [5.41, 5.74) is 1.95.